The van der Waals surface area contributed by atoms with Crippen LogP contribution >= 0.6 is 15.9 Å². The Morgan fingerprint density at radius 1 is 1.09 bits per heavy atom. The highest BCUT2D eigenvalue weighted by molar-refractivity contribution is 9.10. The number of ether oxygens (including phenoxy) is 2. The molecule has 2 aromatic rings. The van der Waals surface area contributed by atoms with Gasteiger partial charge in [-0.25, -0.2) is 0 Å². The first-order valence-corrected chi connectivity index (χ1v) is 7.58. The molecule has 1 aromatic heterocycles. The SMILES string of the molecule is CCOc1ccccc1OCC(=O)NNC(=O)c1ccc(Br)o1. The summed E-state index contributed by atoms with van der Waals surface area (Å²) in [5.74, 6) is -0.0214. The van der Waals surface area contributed by atoms with Gasteiger partial charge in [0.25, 0.3) is 5.91 Å². The van der Waals surface area contributed by atoms with Crippen molar-refractivity contribution >= 4 is 27.7 Å². The summed E-state index contributed by atoms with van der Waals surface area (Å²) in [4.78, 5) is 23.4. The van der Waals surface area contributed by atoms with Crippen LogP contribution in [-0.2, 0) is 4.79 Å². The number of carbonyl (C=O) groups is 2. The van der Waals surface area contributed by atoms with Gasteiger partial charge in [0.15, 0.2) is 28.5 Å². The van der Waals surface area contributed by atoms with Gasteiger partial charge in [-0.3, -0.25) is 20.4 Å². The zero-order valence-corrected chi connectivity index (χ0v) is 13.9. The molecule has 23 heavy (non-hydrogen) atoms. The Morgan fingerprint density at radius 3 is 2.39 bits per heavy atom. The van der Waals surface area contributed by atoms with Crippen LogP contribution in [0.1, 0.15) is 17.5 Å². The molecule has 0 fully saturated rings. The summed E-state index contributed by atoms with van der Waals surface area (Å²) in [5, 5.41) is 0. The predicted molar refractivity (Wildman–Crippen MR) is 85.1 cm³/mol. The average Bonchev–Trinajstić information content (AvgIpc) is 2.98. The van der Waals surface area contributed by atoms with E-state index < -0.39 is 11.8 Å². The lowest BCUT2D eigenvalue weighted by molar-refractivity contribution is -0.123. The van der Waals surface area contributed by atoms with Gasteiger partial charge >= 0.3 is 5.91 Å². The van der Waals surface area contributed by atoms with E-state index >= 15 is 0 Å². The Hall–Kier alpha value is -2.48. The van der Waals surface area contributed by atoms with Crippen LogP contribution in [0, 0.1) is 0 Å². The number of rotatable bonds is 6. The number of carbonyl (C=O) groups excluding carboxylic acids is 2. The van der Waals surface area contributed by atoms with Crippen LogP contribution in [0.25, 0.3) is 0 Å². The molecule has 1 aromatic carbocycles. The average molecular weight is 383 g/mol. The lowest BCUT2D eigenvalue weighted by atomic mass is 10.3. The minimum Gasteiger partial charge on any atom is -0.490 e. The molecule has 0 aliphatic carbocycles. The number of para-hydroxylation sites is 2. The topological polar surface area (TPSA) is 89.8 Å². The Morgan fingerprint density at radius 2 is 1.78 bits per heavy atom. The molecule has 0 spiro atoms. The third-order valence-electron chi connectivity index (χ3n) is 2.62. The molecule has 2 rings (SSSR count). The second-order valence-corrected chi connectivity index (χ2v) is 5.06. The first-order chi connectivity index (χ1) is 11.1. The summed E-state index contributed by atoms with van der Waals surface area (Å²) in [5.41, 5.74) is 4.46. The van der Waals surface area contributed by atoms with Gasteiger partial charge in [-0.1, -0.05) is 12.1 Å². The van der Waals surface area contributed by atoms with E-state index in [0.29, 0.717) is 22.8 Å². The Balaban J connectivity index is 1.80. The summed E-state index contributed by atoms with van der Waals surface area (Å²) < 4.78 is 16.2. The fraction of sp³-hybridized carbons (Fsp3) is 0.200. The van der Waals surface area contributed by atoms with Crippen LogP contribution in [0.2, 0.25) is 0 Å². The normalized spacial score (nSPS) is 10.0. The fourth-order valence-electron chi connectivity index (χ4n) is 1.65. The smallest absolute Gasteiger partial charge is 0.305 e. The van der Waals surface area contributed by atoms with Gasteiger partial charge < -0.3 is 13.9 Å². The van der Waals surface area contributed by atoms with Crippen molar-refractivity contribution in [3.05, 3.63) is 46.8 Å². The zero-order chi connectivity index (χ0) is 16.7. The van der Waals surface area contributed by atoms with E-state index in [2.05, 4.69) is 26.8 Å². The van der Waals surface area contributed by atoms with Crippen molar-refractivity contribution in [2.75, 3.05) is 13.2 Å². The predicted octanol–water partition coefficient (Wildman–Crippen LogP) is 2.28. The molecule has 0 atom stereocenters. The van der Waals surface area contributed by atoms with E-state index in [4.69, 9.17) is 13.9 Å². The van der Waals surface area contributed by atoms with E-state index in [-0.39, 0.29) is 12.4 Å². The van der Waals surface area contributed by atoms with Gasteiger partial charge in [0, 0.05) is 0 Å². The minimum absolute atomic E-state index is 0.0692. The van der Waals surface area contributed by atoms with Crippen LogP contribution in [0.4, 0.5) is 0 Å². The van der Waals surface area contributed by atoms with Gasteiger partial charge in [-0.2, -0.15) is 0 Å². The first kappa shape index (κ1) is 16.9. The summed E-state index contributed by atoms with van der Waals surface area (Å²) in [6.45, 7) is 2.07. The van der Waals surface area contributed by atoms with Gasteiger partial charge in [0.05, 0.1) is 6.61 Å². The summed E-state index contributed by atoms with van der Waals surface area (Å²) >= 11 is 3.08. The molecule has 0 bridgehead atoms. The maximum Gasteiger partial charge on any atom is 0.305 e. The molecule has 0 unspecified atom stereocenters. The van der Waals surface area contributed by atoms with Crippen molar-refractivity contribution in [1.82, 2.24) is 10.9 Å². The van der Waals surface area contributed by atoms with Gasteiger partial charge in [-0.05, 0) is 47.1 Å². The van der Waals surface area contributed by atoms with Gasteiger partial charge in [0.2, 0.25) is 0 Å². The highest BCUT2D eigenvalue weighted by Crippen LogP contribution is 2.26. The molecule has 0 aliphatic heterocycles. The van der Waals surface area contributed by atoms with E-state index in [9.17, 15) is 9.59 Å². The van der Waals surface area contributed by atoms with Crippen LogP contribution < -0.4 is 20.3 Å². The number of halogens is 1. The first-order valence-electron chi connectivity index (χ1n) is 6.79. The molecule has 8 heteroatoms. The number of amides is 2. The van der Waals surface area contributed by atoms with Crippen LogP contribution in [0.5, 0.6) is 11.5 Å². The molecule has 1 heterocycles. The molecule has 122 valence electrons. The quantitative estimate of drug-likeness (QED) is 0.748. The van der Waals surface area contributed by atoms with Gasteiger partial charge in [0.1, 0.15) is 0 Å². The van der Waals surface area contributed by atoms with Crippen LogP contribution in [0.3, 0.4) is 0 Å². The fourth-order valence-corrected chi connectivity index (χ4v) is 1.95. The molecule has 0 radical (unpaired) electrons. The minimum atomic E-state index is -0.571. The number of hydrogen-bond acceptors (Lipinski definition) is 5. The highest BCUT2D eigenvalue weighted by Gasteiger charge is 2.12. The van der Waals surface area contributed by atoms with Crippen molar-refractivity contribution in [2.45, 2.75) is 6.92 Å². The number of furan rings is 1. The van der Waals surface area contributed by atoms with Gasteiger partial charge in [-0.15, -0.1) is 0 Å². The number of hydrazine groups is 1. The highest BCUT2D eigenvalue weighted by atomic mass is 79.9. The molecule has 2 N–H and O–H groups in total. The summed E-state index contributed by atoms with van der Waals surface area (Å²) in [6, 6.07) is 10.1. The lowest BCUT2D eigenvalue weighted by Crippen LogP contribution is -2.43. The Labute approximate surface area is 141 Å². The van der Waals surface area contributed by atoms with E-state index in [0.717, 1.165) is 0 Å². The second-order valence-electron chi connectivity index (χ2n) is 4.27. The third kappa shape index (κ3) is 5.03. The maximum absolute atomic E-state index is 11.7. The molecule has 2 amide bonds. The standard InChI is InChI=1S/C15H15BrN2O5/c1-2-21-10-5-3-4-6-11(10)22-9-14(19)17-18-15(20)12-7-8-13(16)23-12/h3-8H,2,9H2,1H3,(H,17,19)(H,18,20). The summed E-state index contributed by atoms with van der Waals surface area (Å²) in [7, 11) is 0. The monoisotopic (exact) mass is 382 g/mol. The Kier molecular flexibility index (Phi) is 6.04. The maximum atomic E-state index is 11.7. The van der Waals surface area contributed by atoms with E-state index in [1.54, 1.807) is 30.3 Å². The second kappa shape index (κ2) is 8.23. The molecule has 0 aliphatic rings. The van der Waals surface area contributed by atoms with Crippen LogP contribution in [0.15, 0.2) is 45.5 Å². The summed E-state index contributed by atoms with van der Waals surface area (Å²) in [6.07, 6.45) is 0. The number of benzene rings is 1. The number of hydrogen-bond donors (Lipinski definition) is 2. The van der Waals surface area contributed by atoms with Crippen molar-refractivity contribution in [2.24, 2.45) is 0 Å². The molecular formula is C15H15BrN2O5. The molecule has 7 nitrogen and oxygen atoms in total. The Bertz CT molecular complexity index is 686. The van der Waals surface area contributed by atoms with Crippen LogP contribution in [-0.4, -0.2) is 25.0 Å². The van der Waals surface area contributed by atoms with Crippen molar-refractivity contribution in [1.29, 1.82) is 0 Å². The van der Waals surface area contributed by atoms with E-state index in [1.165, 1.54) is 6.07 Å². The van der Waals surface area contributed by atoms with E-state index in [1.807, 2.05) is 6.92 Å². The molecule has 0 saturated heterocycles. The number of nitrogens with one attached hydrogen (secondary N) is 2. The molecule has 0 saturated carbocycles. The molecular weight excluding hydrogens is 368 g/mol. The largest absolute Gasteiger partial charge is 0.490 e. The van der Waals surface area contributed by atoms with Crippen molar-refractivity contribution in [3.63, 3.8) is 0 Å². The zero-order valence-electron chi connectivity index (χ0n) is 12.3. The van der Waals surface area contributed by atoms with Crippen molar-refractivity contribution < 1.29 is 23.5 Å². The lowest BCUT2D eigenvalue weighted by Gasteiger charge is -2.11. The van der Waals surface area contributed by atoms with Crippen molar-refractivity contribution in [3.8, 4) is 11.5 Å². The third-order valence-corrected chi connectivity index (χ3v) is 3.05.